The molecule has 2 atom stereocenters. The highest BCUT2D eigenvalue weighted by Crippen LogP contribution is 2.22. The minimum absolute atomic E-state index is 0.0437. The van der Waals surface area contributed by atoms with E-state index in [9.17, 15) is 9.90 Å². The number of H-pyrrole nitrogens is 1. The number of carbonyl (C=O) groups is 1. The Morgan fingerprint density at radius 2 is 2.29 bits per heavy atom. The first-order chi connectivity index (χ1) is 10.0. The lowest BCUT2D eigenvalue weighted by atomic mass is 9.96. The molecule has 1 aromatic rings. The number of anilines is 1. The van der Waals surface area contributed by atoms with Gasteiger partial charge in [-0.1, -0.05) is 13.3 Å². The van der Waals surface area contributed by atoms with Gasteiger partial charge >= 0.3 is 0 Å². The van der Waals surface area contributed by atoms with E-state index in [1.54, 1.807) is 0 Å². The van der Waals surface area contributed by atoms with Crippen LogP contribution in [-0.4, -0.2) is 51.3 Å². The first kappa shape index (κ1) is 16.0. The third-order valence-electron chi connectivity index (χ3n) is 4.27. The van der Waals surface area contributed by atoms with Crippen LogP contribution in [0, 0.1) is 13.8 Å². The topological polar surface area (TPSA) is 81.2 Å². The predicted molar refractivity (Wildman–Crippen MR) is 82.2 cm³/mol. The van der Waals surface area contributed by atoms with Crippen molar-refractivity contribution in [1.82, 2.24) is 15.1 Å². The van der Waals surface area contributed by atoms with Crippen LogP contribution in [0.1, 0.15) is 44.0 Å². The van der Waals surface area contributed by atoms with Gasteiger partial charge in [0.1, 0.15) is 0 Å². The SMILES string of the molecule is CCC(O)C1CCCCN1CC(=O)Nc1c(C)n[nH]c1C. The van der Waals surface area contributed by atoms with Gasteiger partial charge in [0.05, 0.1) is 29.7 Å². The molecule has 2 rings (SSSR count). The molecule has 21 heavy (non-hydrogen) atoms. The fraction of sp³-hybridized carbons (Fsp3) is 0.733. The monoisotopic (exact) mass is 294 g/mol. The van der Waals surface area contributed by atoms with Crippen LogP contribution in [-0.2, 0) is 4.79 Å². The van der Waals surface area contributed by atoms with E-state index in [1.807, 2.05) is 20.8 Å². The number of carbonyl (C=O) groups excluding carboxylic acids is 1. The van der Waals surface area contributed by atoms with Crippen molar-refractivity contribution in [2.24, 2.45) is 0 Å². The molecule has 0 saturated carbocycles. The molecule has 1 fully saturated rings. The van der Waals surface area contributed by atoms with Gasteiger partial charge in [0.25, 0.3) is 0 Å². The van der Waals surface area contributed by atoms with E-state index >= 15 is 0 Å². The van der Waals surface area contributed by atoms with Crippen LogP contribution in [0.15, 0.2) is 0 Å². The molecule has 118 valence electrons. The van der Waals surface area contributed by atoms with Crippen LogP contribution in [0.4, 0.5) is 5.69 Å². The third-order valence-corrected chi connectivity index (χ3v) is 4.27. The van der Waals surface area contributed by atoms with Gasteiger partial charge in [-0.25, -0.2) is 0 Å². The number of hydrogen-bond acceptors (Lipinski definition) is 4. The first-order valence-electron chi connectivity index (χ1n) is 7.76. The highest BCUT2D eigenvalue weighted by atomic mass is 16.3. The van der Waals surface area contributed by atoms with Crippen molar-refractivity contribution in [3.8, 4) is 0 Å². The molecule has 6 nitrogen and oxygen atoms in total. The van der Waals surface area contributed by atoms with Gasteiger partial charge in [-0.2, -0.15) is 5.10 Å². The number of aromatic nitrogens is 2. The number of rotatable bonds is 5. The number of nitrogens with zero attached hydrogens (tertiary/aromatic N) is 2. The molecule has 1 saturated heterocycles. The Morgan fingerprint density at radius 1 is 1.52 bits per heavy atom. The summed E-state index contributed by atoms with van der Waals surface area (Å²) >= 11 is 0. The number of amides is 1. The highest BCUT2D eigenvalue weighted by Gasteiger charge is 2.29. The van der Waals surface area contributed by atoms with Gasteiger partial charge < -0.3 is 10.4 Å². The van der Waals surface area contributed by atoms with Crippen LogP contribution in [0.5, 0.6) is 0 Å². The number of aliphatic hydroxyl groups excluding tert-OH is 1. The molecular formula is C15H26N4O2. The lowest BCUT2D eigenvalue weighted by molar-refractivity contribution is -0.119. The second kappa shape index (κ2) is 7.04. The van der Waals surface area contributed by atoms with Gasteiger partial charge in [0, 0.05) is 6.04 Å². The summed E-state index contributed by atoms with van der Waals surface area (Å²) in [6.07, 6.45) is 3.55. The summed E-state index contributed by atoms with van der Waals surface area (Å²) in [5.41, 5.74) is 2.43. The van der Waals surface area contributed by atoms with Crippen LogP contribution >= 0.6 is 0 Å². The number of aromatic amines is 1. The minimum atomic E-state index is -0.351. The number of nitrogens with one attached hydrogen (secondary N) is 2. The fourth-order valence-corrected chi connectivity index (χ4v) is 3.02. The molecule has 0 spiro atoms. The molecule has 1 amide bonds. The maximum Gasteiger partial charge on any atom is 0.238 e. The zero-order valence-electron chi connectivity index (χ0n) is 13.1. The molecule has 0 aromatic carbocycles. The van der Waals surface area contributed by atoms with E-state index in [0.717, 1.165) is 49.3 Å². The highest BCUT2D eigenvalue weighted by molar-refractivity contribution is 5.93. The van der Waals surface area contributed by atoms with Gasteiger partial charge in [0.2, 0.25) is 5.91 Å². The number of aryl methyl sites for hydroxylation is 2. The van der Waals surface area contributed by atoms with Crippen molar-refractivity contribution in [3.05, 3.63) is 11.4 Å². The zero-order valence-corrected chi connectivity index (χ0v) is 13.1. The Hall–Kier alpha value is -1.40. The Morgan fingerprint density at radius 3 is 2.90 bits per heavy atom. The molecule has 0 aliphatic carbocycles. The molecule has 0 bridgehead atoms. The van der Waals surface area contributed by atoms with Crippen LogP contribution in [0.25, 0.3) is 0 Å². The van der Waals surface area contributed by atoms with Crippen LogP contribution in [0.2, 0.25) is 0 Å². The smallest absolute Gasteiger partial charge is 0.238 e. The van der Waals surface area contributed by atoms with E-state index in [1.165, 1.54) is 0 Å². The van der Waals surface area contributed by atoms with Crippen molar-refractivity contribution in [3.63, 3.8) is 0 Å². The van der Waals surface area contributed by atoms with Gasteiger partial charge in [-0.15, -0.1) is 0 Å². The maximum absolute atomic E-state index is 12.3. The van der Waals surface area contributed by atoms with Crippen molar-refractivity contribution in [2.45, 2.75) is 58.6 Å². The molecule has 0 radical (unpaired) electrons. The fourth-order valence-electron chi connectivity index (χ4n) is 3.02. The van der Waals surface area contributed by atoms with Gasteiger partial charge in [-0.3, -0.25) is 14.8 Å². The van der Waals surface area contributed by atoms with Crippen LogP contribution in [0.3, 0.4) is 0 Å². The molecular weight excluding hydrogens is 268 g/mol. The first-order valence-corrected chi connectivity index (χ1v) is 7.76. The summed E-state index contributed by atoms with van der Waals surface area (Å²) < 4.78 is 0. The van der Waals surface area contributed by atoms with E-state index < -0.39 is 0 Å². The zero-order chi connectivity index (χ0) is 15.4. The largest absolute Gasteiger partial charge is 0.392 e. The third kappa shape index (κ3) is 3.83. The van der Waals surface area contributed by atoms with Gasteiger partial charge in [0.15, 0.2) is 0 Å². The Balaban J connectivity index is 1.97. The summed E-state index contributed by atoms with van der Waals surface area (Å²) in [7, 11) is 0. The lowest BCUT2D eigenvalue weighted by Gasteiger charge is -2.37. The summed E-state index contributed by atoms with van der Waals surface area (Å²) in [5.74, 6) is -0.0437. The molecule has 6 heteroatoms. The van der Waals surface area contributed by atoms with E-state index in [0.29, 0.717) is 6.54 Å². The number of likely N-dealkylation sites (tertiary alicyclic amines) is 1. The second-order valence-electron chi connectivity index (χ2n) is 5.87. The molecule has 3 N–H and O–H groups in total. The van der Waals surface area contributed by atoms with E-state index in [2.05, 4.69) is 20.4 Å². The summed E-state index contributed by atoms with van der Waals surface area (Å²) in [6.45, 7) is 6.93. The van der Waals surface area contributed by atoms with Crippen LogP contribution < -0.4 is 5.32 Å². The quantitative estimate of drug-likeness (QED) is 0.770. The Bertz CT molecular complexity index is 467. The minimum Gasteiger partial charge on any atom is -0.392 e. The number of piperidine rings is 1. The molecule has 1 aromatic heterocycles. The van der Waals surface area contributed by atoms with Crippen molar-refractivity contribution >= 4 is 11.6 Å². The van der Waals surface area contributed by atoms with Crippen molar-refractivity contribution < 1.29 is 9.90 Å². The van der Waals surface area contributed by atoms with Crippen molar-refractivity contribution in [1.29, 1.82) is 0 Å². The van der Waals surface area contributed by atoms with E-state index in [4.69, 9.17) is 0 Å². The summed E-state index contributed by atoms with van der Waals surface area (Å²) in [6, 6.07) is 0.0982. The lowest BCUT2D eigenvalue weighted by Crippen LogP contribution is -2.49. The Kier molecular flexibility index (Phi) is 5.36. The average Bonchev–Trinajstić information content (AvgIpc) is 2.79. The Labute approximate surface area is 125 Å². The van der Waals surface area contributed by atoms with Crippen molar-refractivity contribution in [2.75, 3.05) is 18.4 Å². The summed E-state index contributed by atoms with van der Waals surface area (Å²) in [5, 5.41) is 20.0. The normalized spacial score (nSPS) is 21.2. The molecule has 2 unspecified atom stereocenters. The molecule has 2 heterocycles. The maximum atomic E-state index is 12.3. The number of aliphatic hydroxyl groups is 1. The number of hydrogen-bond donors (Lipinski definition) is 3. The molecule has 1 aliphatic heterocycles. The second-order valence-corrected chi connectivity index (χ2v) is 5.87. The molecule has 1 aliphatic rings. The average molecular weight is 294 g/mol. The van der Waals surface area contributed by atoms with E-state index in [-0.39, 0.29) is 18.1 Å². The van der Waals surface area contributed by atoms with Gasteiger partial charge in [-0.05, 0) is 39.7 Å². The standard InChI is InChI=1S/C15H26N4O2/c1-4-13(20)12-7-5-6-8-19(12)9-14(21)16-15-10(2)17-18-11(15)3/h12-13,20H,4-9H2,1-3H3,(H,16,21)(H,17,18). The predicted octanol–water partition coefficient (Wildman–Crippen LogP) is 1.59. The summed E-state index contributed by atoms with van der Waals surface area (Å²) in [4.78, 5) is 14.4.